The minimum Gasteiger partial charge on any atom is -0.504 e. The molecule has 0 saturated heterocycles. The Balaban J connectivity index is 2.96. The van der Waals surface area contributed by atoms with Crippen LogP contribution in [-0.4, -0.2) is 23.1 Å². The average molecular weight is 181 g/mol. The van der Waals surface area contributed by atoms with E-state index in [1.54, 1.807) is 12.1 Å². The van der Waals surface area contributed by atoms with Crippen molar-refractivity contribution in [3.63, 3.8) is 0 Å². The van der Waals surface area contributed by atoms with E-state index in [2.05, 4.69) is 5.16 Å². The quantitative estimate of drug-likeness (QED) is 0.423. The Bertz CT molecular complexity index is 310. The monoisotopic (exact) mass is 181 g/mol. The summed E-state index contributed by atoms with van der Waals surface area (Å²) in [5.74, 6) is 0.469. The van der Waals surface area contributed by atoms with Gasteiger partial charge in [-0.05, 0) is 25.1 Å². The number of aromatic hydroxyl groups is 1. The van der Waals surface area contributed by atoms with Crippen LogP contribution in [0.2, 0.25) is 0 Å². The third kappa shape index (κ3) is 2.37. The highest BCUT2D eigenvalue weighted by Crippen LogP contribution is 2.25. The topological polar surface area (TPSA) is 62.0 Å². The largest absolute Gasteiger partial charge is 0.504 e. The van der Waals surface area contributed by atoms with Crippen LogP contribution in [0.4, 0.5) is 0 Å². The van der Waals surface area contributed by atoms with E-state index in [0.717, 1.165) is 0 Å². The molecule has 70 valence electrons. The second kappa shape index (κ2) is 4.35. The van der Waals surface area contributed by atoms with Crippen molar-refractivity contribution in [1.82, 2.24) is 0 Å². The lowest BCUT2D eigenvalue weighted by atomic mass is 10.2. The van der Waals surface area contributed by atoms with Gasteiger partial charge in [-0.25, -0.2) is 0 Å². The van der Waals surface area contributed by atoms with Gasteiger partial charge in [-0.15, -0.1) is 0 Å². The smallest absolute Gasteiger partial charge is 0.161 e. The van der Waals surface area contributed by atoms with Crippen LogP contribution in [0.5, 0.6) is 11.5 Å². The Hall–Kier alpha value is -1.71. The lowest BCUT2D eigenvalue weighted by Gasteiger charge is -2.05. The van der Waals surface area contributed by atoms with Crippen LogP contribution in [0.3, 0.4) is 0 Å². The summed E-state index contributed by atoms with van der Waals surface area (Å²) in [7, 11) is 0. The highest BCUT2D eigenvalue weighted by molar-refractivity contribution is 5.80. The number of benzene rings is 1. The number of rotatable bonds is 3. The number of nitrogens with zero attached hydrogens (tertiary/aromatic N) is 1. The van der Waals surface area contributed by atoms with E-state index in [4.69, 9.17) is 9.94 Å². The van der Waals surface area contributed by atoms with E-state index in [-0.39, 0.29) is 5.75 Å². The molecule has 1 aromatic carbocycles. The van der Waals surface area contributed by atoms with Gasteiger partial charge in [-0.1, -0.05) is 5.16 Å². The van der Waals surface area contributed by atoms with Crippen molar-refractivity contribution in [2.24, 2.45) is 5.16 Å². The Morgan fingerprint density at radius 3 is 2.92 bits per heavy atom. The summed E-state index contributed by atoms with van der Waals surface area (Å²) in [6.45, 7) is 2.31. The van der Waals surface area contributed by atoms with Gasteiger partial charge in [-0.3, -0.25) is 0 Å². The molecule has 1 rings (SSSR count). The molecule has 0 unspecified atom stereocenters. The third-order valence-corrected chi connectivity index (χ3v) is 1.49. The van der Waals surface area contributed by atoms with E-state index in [1.165, 1.54) is 12.3 Å². The summed E-state index contributed by atoms with van der Waals surface area (Å²) in [6.07, 6.45) is 1.27. The number of phenols is 1. The summed E-state index contributed by atoms with van der Waals surface area (Å²) in [5.41, 5.74) is 0.670. The molecule has 0 spiro atoms. The van der Waals surface area contributed by atoms with Gasteiger partial charge in [-0.2, -0.15) is 0 Å². The van der Waals surface area contributed by atoms with Crippen molar-refractivity contribution in [2.45, 2.75) is 6.92 Å². The lowest BCUT2D eigenvalue weighted by Crippen LogP contribution is -1.93. The maximum absolute atomic E-state index is 9.30. The number of ether oxygens (including phenoxy) is 1. The third-order valence-electron chi connectivity index (χ3n) is 1.49. The predicted octanol–water partition coefficient (Wildman–Crippen LogP) is 1.60. The first-order valence-corrected chi connectivity index (χ1v) is 3.91. The fraction of sp³-hybridized carbons (Fsp3) is 0.222. The standard InChI is InChI=1S/C9H11NO3/c1-2-13-9-5-7(6-10-12)3-4-8(9)11/h3-6,11-12H,2H2,1H3/b10-6+. The van der Waals surface area contributed by atoms with Gasteiger partial charge in [0.2, 0.25) is 0 Å². The van der Waals surface area contributed by atoms with Crippen molar-refractivity contribution in [2.75, 3.05) is 6.61 Å². The molecule has 1 aromatic rings. The van der Waals surface area contributed by atoms with E-state index in [9.17, 15) is 5.11 Å². The van der Waals surface area contributed by atoms with Gasteiger partial charge in [0.15, 0.2) is 11.5 Å². The molecule has 0 aliphatic heterocycles. The molecular formula is C9H11NO3. The maximum atomic E-state index is 9.30. The molecule has 0 aliphatic rings. The molecule has 0 bridgehead atoms. The van der Waals surface area contributed by atoms with Gasteiger partial charge in [0.05, 0.1) is 12.8 Å². The molecule has 4 heteroatoms. The van der Waals surface area contributed by atoms with Crippen molar-refractivity contribution in [1.29, 1.82) is 0 Å². The molecule has 0 fully saturated rings. The molecule has 0 amide bonds. The van der Waals surface area contributed by atoms with Crippen molar-refractivity contribution in [3.8, 4) is 11.5 Å². The number of hydrogen-bond acceptors (Lipinski definition) is 4. The van der Waals surface area contributed by atoms with Crippen LogP contribution in [0.15, 0.2) is 23.4 Å². The highest BCUT2D eigenvalue weighted by Gasteiger charge is 2.01. The molecule has 0 aromatic heterocycles. The van der Waals surface area contributed by atoms with Crippen LogP contribution >= 0.6 is 0 Å². The van der Waals surface area contributed by atoms with E-state index in [1.807, 2.05) is 6.92 Å². The summed E-state index contributed by atoms with van der Waals surface area (Å²) < 4.78 is 5.13. The minimum atomic E-state index is 0.0805. The molecular weight excluding hydrogens is 170 g/mol. The number of hydrogen-bond donors (Lipinski definition) is 2. The van der Waals surface area contributed by atoms with Crippen LogP contribution in [0.1, 0.15) is 12.5 Å². The fourth-order valence-corrected chi connectivity index (χ4v) is 0.949. The summed E-state index contributed by atoms with van der Waals surface area (Å²) in [4.78, 5) is 0. The molecule has 0 saturated carbocycles. The maximum Gasteiger partial charge on any atom is 0.161 e. The normalized spacial score (nSPS) is 10.5. The zero-order valence-corrected chi connectivity index (χ0v) is 7.27. The average Bonchev–Trinajstić information content (AvgIpc) is 2.12. The van der Waals surface area contributed by atoms with Gasteiger partial charge >= 0.3 is 0 Å². The second-order valence-electron chi connectivity index (χ2n) is 2.40. The van der Waals surface area contributed by atoms with Crippen LogP contribution in [0, 0.1) is 0 Å². The summed E-state index contributed by atoms with van der Waals surface area (Å²) in [6, 6.07) is 4.71. The predicted molar refractivity (Wildman–Crippen MR) is 48.7 cm³/mol. The Labute approximate surface area is 76.1 Å². The van der Waals surface area contributed by atoms with E-state index in [0.29, 0.717) is 17.9 Å². The lowest BCUT2D eigenvalue weighted by molar-refractivity contribution is 0.317. The fourth-order valence-electron chi connectivity index (χ4n) is 0.949. The highest BCUT2D eigenvalue weighted by atomic mass is 16.5. The van der Waals surface area contributed by atoms with Crippen LogP contribution in [-0.2, 0) is 0 Å². The van der Waals surface area contributed by atoms with Crippen molar-refractivity contribution >= 4 is 6.21 Å². The number of oxime groups is 1. The zero-order valence-electron chi connectivity index (χ0n) is 7.27. The van der Waals surface area contributed by atoms with Crippen LogP contribution in [0.25, 0.3) is 0 Å². The molecule has 4 nitrogen and oxygen atoms in total. The molecule has 0 aliphatic carbocycles. The van der Waals surface area contributed by atoms with Crippen molar-refractivity contribution in [3.05, 3.63) is 23.8 Å². The Kier molecular flexibility index (Phi) is 3.14. The molecule has 0 heterocycles. The van der Waals surface area contributed by atoms with Gasteiger partial charge in [0, 0.05) is 5.56 Å². The Morgan fingerprint density at radius 2 is 2.31 bits per heavy atom. The van der Waals surface area contributed by atoms with Crippen molar-refractivity contribution < 1.29 is 15.1 Å². The molecule has 13 heavy (non-hydrogen) atoms. The van der Waals surface area contributed by atoms with Gasteiger partial charge in [0.25, 0.3) is 0 Å². The number of phenolic OH excluding ortho intramolecular Hbond substituents is 1. The van der Waals surface area contributed by atoms with Crippen LogP contribution < -0.4 is 4.74 Å². The SMILES string of the molecule is CCOc1cc(/C=N/O)ccc1O. The molecule has 0 atom stereocenters. The summed E-state index contributed by atoms with van der Waals surface area (Å²) >= 11 is 0. The van der Waals surface area contributed by atoms with E-state index < -0.39 is 0 Å². The summed E-state index contributed by atoms with van der Waals surface area (Å²) in [5, 5.41) is 20.5. The first-order chi connectivity index (χ1) is 6.27. The zero-order chi connectivity index (χ0) is 9.68. The first-order valence-electron chi connectivity index (χ1n) is 3.91. The molecule has 2 N–H and O–H groups in total. The first kappa shape index (κ1) is 9.38. The van der Waals surface area contributed by atoms with Gasteiger partial charge in [0.1, 0.15) is 0 Å². The van der Waals surface area contributed by atoms with E-state index >= 15 is 0 Å². The molecule has 0 radical (unpaired) electrons. The minimum absolute atomic E-state index is 0.0805. The van der Waals surface area contributed by atoms with Gasteiger partial charge < -0.3 is 15.1 Å². The second-order valence-corrected chi connectivity index (χ2v) is 2.40. The Morgan fingerprint density at radius 1 is 1.54 bits per heavy atom.